The first-order chi connectivity index (χ1) is 13.1. The van der Waals surface area contributed by atoms with E-state index in [-0.39, 0.29) is 17.1 Å². The number of hydrogen-bond donors (Lipinski definition) is 1. The Morgan fingerprint density at radius 3 is 2.25 bits per heavy atom. The summed E-state index contributed by atoms with van der Waals surface area (Å²) in [4.78, 5) is 23.7. The number of benzene rings is 2. The molecule has 1 N–H and O–H groups in total. The monoisotopic (exact) mass is 421 g/mol. The fourth-order valence-electron chi connectivity index (χ4n) is 2.26. The number of esters is 1. The molecule has 0 aliphatic carbocycles. The highest BCUT2D eigenvalue weighted by atomic mass is 35.5. The largest absolute Gasteiger partial charge is 0.448 e. The molecule has 0 unspecified atom stereocenters. The molecule has 1 amide bonds. The summed E-state index contributed by atoms with van der Waals surface area (Å²) in [5.74, 6) is -4.43. The summed E-state index contributed by atoms with van der Waals surface area (Å²) in [6.45, 7) is -0.328. The number of carbonyl (C=O) groups excluding carboxylic acids is 2. The van der Waals surface area contributed by atoms with E-state index in [0.29, 0.717) is 18.2 Å². The number of amides is 1. The Morgan fingerprint density at radius 1 is 1.07 bits per heavy atom. The highest BCUT2D eigenvalue weighted by Crippen LogP contribution is 2.36. The van der Waals surface area contributed by atoms with Gasteiger partial charge >= 0.3 is 12.1 Å². The molecule has 0 bridgehead atoms. The summed E-state index contributed by atoms with van der Waals surface area (Å²) in [5, 5.41) is 2.48. The van der Waals surface area contributed by atoms with Gasteiger partial charge in [-0.3, -0.25) is 9.59 Å². The van der Waals surface area contributed by atoms with E-state index < -0.39 is 47.8 Å². The summed E-state index contributed by atoms with van der Waals surface area (Å²) >= 11 is 5.83. The molecule has 0 aromatic heterocycles. The van der Waals surface area contributed by atoms with Gasteiger partial charge < -0.3 is 10.1 Å². The Labute approximate surface area is 161 Å². The third kappa shape index (κ3) is 5.91. The van der Waals surface area contributed by atoms with Crippen LogP contribution in [-0.4, -0.2) is 24.6 Å². The fourth-order valence-corrected chi connectivity index (χ4v) is 2.48. The number of rotatable bonds is 6. The summed E-state index contributed by atoms with van der Waals surface area (Å²) in [5.41, 5.74) is -0.764. The third-order valence-corrected chi connectivity index (χ3v) is 3.80. The number of nitrogens with one attached hydrogen (secondary N) is 1. The Hall–Kier alpha value is -2.68. The average Bonchev–Trinajstić information content (AvgIpc) is 2.58. The van der Waals surface area contributed by atoms with E-state index in [0.717, 1.165) is 0 Å². The second kappa shape index (κ2) is 9.01. The zero-order chi connectivity index (χ0) is 20.9. The van der Waals surface area contributed by atoms with Crippen LogP contribution in [0.1, 0.15) is 28.4 Å². The smallest absolute Gasteiger partial charge is 0.429 e. The fraction of sp³-hybridized carbons (Fsp3) is 0.222. The number of alkyl halides is 3. The molecule has 2 aromatic rings. The SMILES string of the molecule is O=C(CCNC(=O)c1ccccc1Cl)O[C@H](c1cc(F)cc(F)c1)C(F)(F)F. The predicted octanol–water partition coefficient (Wildman–Crippen LogP) is 4.58. The van der Waals surface area contributed by atoms with Crippen molar-refractivity contribution in [3.8, 4) is 0 Å². The van der Waals surface area contributed by atoms with E-state index >= 15 is 0 Å². The van der Waals surface area contributed by atoms with E-state index in [2.05, 4.69) is 10.1 Å². The molecule has 0 aliphatic heterocycles. The number of ether oxygens (including phenoxy) is 1. The van der Waals surface area contributed by atoms with Gasteiger partial charge in [0.05, 0.1) is 17.0 Å². The Bertz CT molecular complexity index is 852. The van der Waals surface area contributed by atoms with Crippen LogP contribution < -0.4 is 5.32 Å². The highest BCUT2D eigenvalue weighted by molar-refractivity contribution is 6.33. The molecule has 0 aliphatic rings. The summed E-state index contributed by atoms with van der Waals surface area (Å²) < 4.78 is 70.2. The molecule has 0 saturated heterocycles. The van der Waals surface area contributed by atoms with Crippen LogP contribution in [0, 0.1) is 11.6 Å². The van der Waals surface area contributed by atoms with Crippen LogP contribution in [0.4, 0.5) is 22.0 Å². The van der Waals surface area contributed by atoms with Crippen molar-refractivity contribution in [1.82, 2.24) is 5.32 Å². The molecule has 2 rings (SSSR count). The highest BCUT2D eigenvalue weighted by Gasteiger charge is 2.44. The van der Waals surface area contributed by atoms with Crippen molar-refractivity contribution in [2.45, 2.75) is 18.7 Å². The maximum atomic E-state index is 13.2. The van der Waals surface area contributed by atoms with Crippen LogP contribution in [0.3, 0.4) is 0 Å². The van der Waals surface area contributed by atoms with Gasteiger partial charge in [0.1, 0.15) is 11.6 Å². The second-order valence-corrected chi connectivity index (χ2v) is 6.01. The lowest BCUT2D eigenvalue weighted by atomic mass is 10.1. The number of halogens is 6. The van der Waals surface area contributed by atoms with E-state index in [4.69, 9.17) is 11.6 Å². The van der Waals surface area contributed by atoms with E-state index in [1.165, 1.54) is 12.1 Å². The maximum absolute atomic E-state index is 13.2. The molecule has 0 heterocycles. The first-order valence-electron chi connectivity index (χ1n) is 7.83. The maximum Gasteiger partial charge on any atom is 0.429 e. The van der Waals surface area contributed by atoms with E-state index in [1.54, 1.807) is 12.1 Å². The van der Waals surface area contributed by atoms with Gasteiger partial charge in [-0.15, -0.1) is 0 Å². The molecule has 0 fully saturated rings. The molecular formula is C18H13ClF5NO3. The van der Waals surface area contributed by atoms with Crippen molar-refractivity contribution in [3.05, 3.63) is 70.2 Å². The molecule has 0 spiro atoms. The predicted molar refractivity (Wildman–Crippen MR) is 89.6 cm³/mol. The van der Waals surface area contributed by atoms with E-state index in [1.807, 2.05) is 0 Å². The van der Waals surface area contributed by atoms with Crippen molar-refractivity contribution < 1.29 is 36.3 Å². The van der Waals surface area contributed by atoms with Crippen LogP contribution in [0.2, 0.25) is 5.02 Å². The molecule has 2 aromatic carbocycles. The van der Waals surface area contributed by atoms with Gasteiger partial charge in [-0.25, -0.2) is 8.78 Å². The first-order valence-corrected chi connectivity index (χ1v) is 8.20. The van der Waals surface area contributed by atoms with Crippen molar-refractivity contribution in [1.29, 1.82) is 0 Å². The Kier molecular flexibility index (Phi) is 6.95. The van der Waals surface area contributed by atoms with Crippen LogP contribution >= 0.6 is 11.6 Å². The zero-order valence-electron chi connectivity index (χ0n) is 14.0. The van der Waals surface area contributed by atoms with Gasteiger partial charge in [0.25, 0.3) is 5.91 Å². The molecule has 10 heteroatoms. The lowest BCUT2D eigenvalue weighted by Crippen LogP contribution is -2.30. The van der Waals surface area contributed by atoms with Crippen LogP contribution in [-0.2, 0) is 9.53 Å². The van der Waals surface area contributed by atoms with E-state index in [9.17, 15) is 31.5 Å². The third-order valence-electron chi connectivity index (χ3n) is 3.47. The van der Waals surface area contributed by atoms with Gasteiger partial charge in [-0.1, -0.05) is 23.7 Å². The minimum Gasteiger partial charge on any atom is -0.448 e. The summed E-state index contributed by atoms with van der Waals surface area (Å²) in [7, 11) is 0. The normalized spacial score (nSPS) is 12.4. The topological polar surface area (TPSA) is 55.4 Å². The van der Waals surface area contributed by atoms with Crippen molar-refractivity contribution in [2.75, 3.05) is 6.54 Å². The Balaban J connectivity index is 1.99. The molecule has 0 saturated carbocycles. The average molecular weight is 422 g/mol. The molecule has 0 radical (unpaired) electrons. The lowest BCUT2D eigenvalue weighted by molar-refractivity contribution is -0.224. The van der Waals surface area contributed by atoms with Gasteiger partial charge in [-0.05, 0) is 24.3 Å². The van der Waals surface area contributed by atoms with Crippen molar-refractivity contribution in [2.24, 2.45) is 0 Å². The van der Waals surface area contributed by atoms with Crippen molar-refractivity contribution >= 4 is 23.5 Å². The summed E-state index contributed by atoms with van der Waals surface area (Å²) in [6, 6.07) is 7.29. The molecule has 4 nitrogen and oxygen atoms in total. The minimum absolute atomic E-state index is 0.126. The van der Waals surface area contributed by atoms with Gasteiger partial charge in [0, 0.05) is 18.2 Å². The molecular weight excluding hydrogens is 409 g/mol. The van der Waals surface area contributed by atoms with Gasteiger partial charge in [0.2, 0.25) is 6.10 Å². The van der Waals surface area contributed by atoms with Crippen LogP contribution in [0.15, 0.2) is 42.5 Å². The zero-order valence-corrected chi connectivity index (χ0v) is 14.8. The minimum atomic E-state index is -5.09. The quantitative estimate of drug-likeness (QED) is 0.548. The van der Waals surface area contributed by atoms with Gasteiger partial charge in [-0.2, -0.15) is 13.2 Å². The first kappa shape index (κ1) is 21.6. The van der Waals surface area contributed by atoms with Gasteiger partial charge in [0.15, 0.2) is 0 Å². The summed E-state index contributed by atoms with van der Waals surface area (Å²) in [6.07, 6.45) is -8.53. The second-order valence-electron chi connectivity index (χ2n) is 5.60. The van der Waals surface area contributed by atoms with Crippen LogP contribution in [0.25, 0.3) is 0 Å². The molecule has 150 valence electrons. The molecule has 1 atom stereocenters. The lowest BCUT2D eigenvalue weighted by Gasteiger charge is -2.21. The number of hydrogen-bond acceptors (Lipinski definition) is 3. The van der Waals surface area contributed by atoms with Crippen LogP contribution in [0.5, 0.6) is 0 Å². The Morgan fingerprint density at radius 2 is 1.68 bits per heavy atom. The standard InChI is InChI=1S/C18H13ClF5NO3/c19-14-4-2-1-3-13(14)17(27)25-6-5-15(26)28-16(18(22,23)24)10-7-11(20)9-12(21)8-10/h1-4,7-9,16H,5-6H2,(H,25,27)/t16-/m1/s1. The van der Waals surface area contributed by atoms with Crippen molar-refractivity contribution in [3.63, 3.8) is 0 Å². The molecule has 28 heavy (non-hydrogen) atoms. The number of carbonyl (C=O) groups is 2.